The van der Waals surface area contributed by atoms with E-state index < -0.39 is 5.60 Å². The number of nitrogens with two attached hydrogens (primary N) is 1. The number of nitrogens with zero attached hydrogens (tertiary/aromatic N) is 1. The molecule has 0 saturated heterocycles. The average Bonchev–Trinajstić information content (AvgIpc) is 3.02. The monoisotopic (exact) mass is 354 g/mol. The van der Waals surface area contributed by atoms with Gasteiger partial charge in [-0.3, -0.25) is 0 Å². The molecule has 1 heterocycles. The molecule has 1 rings (SSSR count). The molecule has 2 atom stereocenters. The molecule has 2 unspecified atom stereocenters. The Balaban J connectivity index is 2.93. The molecule has 0 aromatic carbocycles. The quantitative estimate of drug-likeness (QED) is 0.448. The molecule has 0 saturated carbocycles. The predicted octanol–water partition coefficient (Wildman–Crippen LogP) is 6.13. The highest BCUT2D eigenvalue weighted by Crippen LogP contribution is 2.40. The van der Waals surface area contributed by atoms with Crippen molar-refractivity contribution in [3.63, 3.8) is 0 Å². The van der Waals surface area contributed by atoms with Gasteiger partial charge in [-0.25, -0.2) is 4.98 Å². The minimum atomic E-state index is -0.814. The predicted molar refractivity (Wildman–Crippen MR) is 106 cm³/mol. The number of aliphatic hydroxyl groups is 1. The van der Waals surface area contributed by atoms with Gasteiger partial charge in [-0.1, -0.05) is 79.1 Å². The van der Waals surface area contributed by atoms with E-state index in [1.165, 1.54) is 49.9 Å². The van der Waals surface area contributed by atoms with Crippen molar-refractivity contribution in [1.82, 2.24) is 4.98 Å². The lowest BCUT2D eigenvalue weighted by atomic mass is 9.79. The number of unbranched alkanes of at least 4 members (excludes halogenated alkanes) is 2. The molecule has 24 heavy (non-hydrogen) atoms. The summed E-state index contributed by atoms with van der Waals surface area (Å²) >= 11 is 1.52. The van der Waals surface area contributed by atoms with Gasteiger partial charge >= 0.3 is 0 Å². The fourth-order valence-corrected chi connectivity index (χ4v) is 4.43. The summed E-state index contributed by atoms with van der Waals surface area (Å²) in [5.74, 6) is 1.66. The third-order valence-electron chi connectivity index (χ3n) is 5.26. The maximum Gasteiger partial charge on any atom is 0.134 e. The molecule has 0 radical (unpaired) electrons. The first-order valence-electron chi connectivity index (χ1n) is 9.92. The Bertz CT molecular complexity index is 429. The molecule has 3 N–H and O–H groups in total. The summed E-state index contributed by atoms with van der Waals surface area (Å²) in [6.45, 7) is 8.95. The summed E-state index contributed by atoms with van der Waals surface area (Å²) in [5, 5.41) is 14.3. The maximum atomic E-state index is 11.6. The van der Waals surface area contributed by atoms with E-state index >= 15 is 0 Å². The van der Waals surface area contributed by atoms with Crippen LogP contribution in [0.4, 0.5) is 5.82 Å². The van der Waals surface area contributed by atoms with Crippen molar-refractivity contribution in [2.45, 2.75) is 97.5 Å². The van der Waals surface area contributed by atoms with E-state index in [0.717, 1.165) is 30.7 Å². The number of hydrogen-bond acceptors (Lipinski definition) is 4. The zero-order valence-corrected chi connectivity index (χ0v) is 17.0. The van der Waals surface area contributed by atoms with Gasteiger partial charge in [-0.05, 0) is 24.7 Å². The van der Waals surface area contributed by atoms with Crippen LogP contribution < -0.4 is 5.73 Å². The van der Waals surface area contributed by atoms with Crippen molar-refractivity contribution >= 4 is 17.2 Å². The first-order valence-corrected chi connectivity index (χ1v) is 10.8. The van der Waals surface area contributed by atoms with Crippen molar-refractivity contribution in [1.29, 1.82) is 0 Å². The third kappa shape index (κ3) is 6.72. The molecule has 1 aromatic rings. The second-order valence-electron chi connectivity index (χ2n) is 7.35. The Morgan fingerprint density at radius 2 is 1.54 bits per heavy atom. The molecule has 0 fully saturated rings. The summed E-state index contributed by atoms with van der Waals surface area (Å²) in [7, 11) is 0. The van der Waals surface area contributed by atoms with Crippen molar-refractivity contribution in [3.8, 4) is 0 Å². The van der Waals surface area contributed by atoms with Crippen LogP contribution >= 0.6 is 11.3 Å². The molecule has 0 amide bonds. The molecule has 0 bridgehead atoms. The van der Waals surface area contributed by atoms with Crippen molar-refractivity contribution in [2.75, 3.05) is 5.73 Å². The first-order chi connectivity index (χ1) is 11.5. The SMILES string of the molecule is CCCCC(CC)CC(O)(CC(CC)CCCC)c1nc(N)cs1. The Morgan fingerprint density at radius 1 is 1.04 bits per heavy atom. The van der Waals surface area contributed by atoms with E-state index in [-0.39, 0.29) is 0 Å². The number of aromatic nitrogens is 1. The van der Waals surface area contributed by atoms with Crippen LogP contribution in [0.5, 0.6) is 0 Å². The normalized spacial score (nSPS) is 16.7. The lowest BCUT2D eigenvalue weighted by Crippen LogP contribution is -2.31. The molecule has 1 aromatic heterocycles. The van der Waals surface area contributed by atoms with Crippen LogP contribution in [-0.2, 0) is 5.60 Å². The molecule has 0 aliphatic rings. The summed E-state index contributed by atoms with van der Waals surface area (Å²) in [4.78, 5) is 4.46. The number of rotatable bonds is 13. The second kappa shape index (κ2) is 11.1. The fourth-order valence-electron chi connectivity index (χ4n) is 3.60. The van der Waals surface area contributed by atoms with Gasteiger partial charge < -0.3 is 10.8 Å². The van der Waals surface area contributed by atoms with E-state index in [4.69, 9.17) is 5.73 Å². The van der Waals surface area contributed by atoms with Gasteiger partial charge in [0.15, 0.2) is 0 Å². The molecule has 0 spiro atoms. The average molecular weight is 355 g/mol. The molecule has 140 valence electrons. The van der Waals surface area contributed by atoms with Crippen LogP contribution in [0.1, 0.15) is 96.9 Å². The van der Waals surface area contributed by atoms with E-state index in [9.17, 15) is 5.11 Å². The molecular weight excluding hydrogens is 316 g/mol. The zero-order valence-electron chi connectivity index (χ0n) is 16.2. The molecular formula is C20H38N2OS. The Morgan fingerprint density at radius 3 is 1.88 bits per heavy atom. The maximum absolute atomic E-state index is 11.6. The van der Waals surface area contributed by atoms with Gasteiger partial charge in [0.1, 0.15) is 16.4 Å². The van der Waals surface area contributed by atoms with Crippen LogP contribution in [0, 0.1) is 11.8 Å². The third-order valence-corrected chi connectivity index (χ3v) is 6.31. The van der Waals surface area contributed by atoms with Gasteiger partial charge in [-0.15, -0.1) is 11.3 Å². The highest BCUT2D eigenvalue weighted by atomic mass is 32.1. The minimum absolute atomic E-state index is 0.539. The Kier molecular flexibility index (Phi) is 9.91. The van der Waals surface area contributed by atoms with Crippen LogP contribution in [-0.4, -0.2) is 10.1 Å². The highest BCUT2D eigenvalue weighted by molar-refractivity contribution is 7.10. The lowest BCUT2D eigenvalue weighted by molar-refractivity contribution is -0.0162. The van der Waals surface area contributed by atoms with Crippen molar-refractivity contribution < 1.29 is 5.11 Å². The topological polar surface area (TPSA) is 59.1 Å². The molecule has 0 aliphatic carbocycles. The first kappa shape index (κ1) is 21.4. The smallest absolute Gasteiger partial charge is 0.134 e. The van der Waals surface area contributed by atoms with E-state index in [1.807, 2.05) is 5.38 Å². The van der Waals surface area contributed by atoms with Crippen LogP contribution in [0.2, 0.25) is 0 Å². The zero-order chi connectivity index (χ0) is 18.0. The van der Waals surface area contributed by atoms with Crippen molar-refractivity contribution in [3.05, 3.63) is 10.4 Å². The van der Waals surface area contributed by atoms with E-state index in [0.29, 0.717) is 17.7 Å². The summed E-state index contributed by atoms with van der Waals surface area (Å²) in [6.07, 6.45) is 11.2. The molecule has 0 aliphatic heterocycles. The Labute approximate surface area is 153 Å². The summed E-state index contributed by atoms with van der Waals surface area (Å²) < 4.78 is 0. The number of thiazole rings is 1. The van der Waals surface area contributed by atoms with Gasteiger partial charge in [0, 0.05) is 5.38 Å². The van der Waals surface area contributed by atoms with E-state index in [2.05, 4.69) is 32.7 Å². The summed E-state index contributed by atoms with van der Waals surface area (Å²) in [5.41, 5.74) is 5.04. The lowest BCUT2D eigenvalue weighted by Gasteiger charge is -2.33. The van der Waals surface area contributed by atoms with Crippen molar-refractivity contribution in [2.24, 2.45) is 11.8 Å². The van der Waals surface area contributed by atoms with E-state index in [1.54, 1.807) is 0 Å². The van der Waals surface area contributed by atoms with Gasteiger partial charge in [-0.2, -0.15) is 0 Å². The largest absolute Gasteiger partial charge is 0.383 e. The standard InChI is InChI=1S/C20H38N2OS/c1-5-9-11-16(7-3)13-20(23,19-22-18(21)15-24-19)14-17(8-4)12-10-6-2/h15-17,23H,5-14,21H2,1-4H3. The minimum Gasteiger partial charge on any atom is -0.383 e. The summed E-state index contributed by atoms with van der Waals surface area (Å²) in [6, 6.07) is 0. The number of nitrogen functional groups attached to an aromatic ring is 1. The van der Waals surface area contributed by atoms with Crippen LogP contribution in [0.15, 0.2) is 5.38 Å². The second-order valence-corrected chi connectivity index (χ2v) is 8.21. The highest BCUT2D eigenvalue weighted by Gasteiger charge is 2.36. The van der Waals surface area contributed by atoms with Gasteiger partial charge in [0.05, 0.1) is 0 Å². The molecule has 4 heteroatoms. The van der Waals surface area contributed by atoms with Crippen LogP contribution in [0.25, 0.3) is 0 Å². The fraction of sp³-hybridized carbons (Fsp3) is 0.850. The van der Waals surface area contributed by atoms with Gasteiger partial charge in [0.2, 0.25) is 0 Å². The Hall–Kier alpha value is -0.610. The number of hydrogen-bond donors (Lipinski definition) is 2. The van der Waals surface area contributed by atoms with Gasteiger partial charge in [0.25, 0.3) is 0 Å². The number of anilines is 1. The van der Waals surface area contributed by atoms with Crippen LogP contribution in [0.3, 0.4) is 0 Å². The molecule has 3 nitrogen and oxygen atoms in total.